The fourth-order valence-corrected chi connectivity index (χ4v) is 5.71. The minimum atomic E-state index is -0.143. The molecule has 0 N–H and O–H groups in total. The van der Waals surface area contributed by atoms with Gasteiger partial charge >= 0.3 is 0 Å². The van der Waals surface area contributed by atoms with Crippen LogP contribution in [0.2, 0.25) is 0 Å². The zero-order valence-corrected chi connectivity index (χ0v) is 13.3. The summed E-state index contributed by atoms with van der Waals surface area (Å²) in [5, 5.41) is 2.34. The van der Waals surface area contributed by atoms with Crippen molar-refractivity contribution in [2.24, 2.45) is 23.7 Å². The predicted molar refractivity (Wildman–Crippen MR) is 87.0 cm³/mol. The standard InChI is InChI=1S/C18H16N2O2S/c21-16-14-11-8-12(10-4-2-1-3-5-10)13(9-11)15(14)17(22)20(16)18-19-6-7-23-18/h1-7,11-15H,8-9H2. The van der Waals surface area contributed by atoms with Crippen molar-refractivity contribution in [3.63, 3.8) is 0 Å². The van der Waals surface area contributed by atoms with E-state index in [0.29, 0.717) is 22.9 Å². The Morgan fingerprint density at radius 2 is 1.83 bits per heavy atom. The predicted octanol–water partition coefficient (Wildman–Crippen LogP) is 3.07. The van der Waals surface area contributed by atoms with Gasteiger partial charge in [0.05, 0.1) is 11.8 Å². The lowest BCUT2D eigenvalue weighted by molar-refractivity contribution is -0.123. The van der Waals surface area contributed by atoms with Crippen LogP contribution in [0.5, 0.6) is 0 Å². The molecule has 5 unspecified atom stereocenters. The van der Waals surface area contributed by atoms with Gasteiger partial charge in [-0.1, -0.05) is 30.3 Å². The van der Waals surface area contributed by atoms with Crippen molar-refractivity contribution in [1.82, 2.24) is 4.98 Å². The molecule has 1 aliphatic heterocycles. The first-order valence-electron chi connectivity index (χ1n) is 8.08. The molecule has 5 atom stereocenters. The molecule has 3 fully saturated rings. The third-order valence-electron chi connectivity index (χ3n) is 5.85. The maximum atomic E-state index is 12.9. The number of carbonyl (C=O) groups excluding carboxylic acids is 2. The van der Waals surface area contributed by atoms with E-state index in [0.717, 1.165) is 12.8 Å². The summed E-state index contributed by atoms with van der Waals surface area (Å²) in [7, 11) is 0. The second-order valence-corrected chi connectivity index (χ2v) is 7.66. The number of hydrogen-bond donors (Lipinski definition) is 0. The number of hydrogen-bond acceptors (Lipinski definition) is 4. The number of amides is 2. The van der Waals surface area contributed by atoms with Crippen molar-refractivity contribution in [2.75, 3.05) is 4.90 Å². The van der Waals surface area contributed by atoms with Crippen LogP contribution in [0.25, 0.3) is 0 Å². The van der Waals surface area contributed by atoms with Gasteiger partial charge in [0.25, 0.3) is 0 Å². The molecular formula is C18H16N2O2S. The Morgan fingerprint density at radius 3 is 2.57 bits per heavy atom. The molecule has 2 saturated carbocycles. The quantitative estimate of drug-likeness (QED) is 0.798. The largest absolute Gasteiger partial charge is 0.274 e. The molecule has 3 aliphatic rings. The molecule has 2 amide bonds. The molecule has 4 nitrogen and oxygen atoms in total. The highest BCUT2D eigenvalue weighted by atomic mass is 32.1. The average molecular weight is 324 g/mol. The van der Waals surface area contributed by atoms with Crippen LogP contribution in [0, 0.1) is 23.7 Å². The zero-order chi connectivity index (χ0) is 15.6. The SMILES string of the molecule is O=C1C2C3CC(c4ccccc4)C(C3)C2C(=O)N1c1nccs1. The number of benzene rings is 1. The van der Waals surface area contributed by atoms with Crippen molar-refractivity contribution < 1.29 is 9.59 Å². The lowest BCUT2D eigenvalue weighted by atomic mass is 9.73. The van der Waals surface area contributed by atoms with Gasteiger partial charge in [-0.25, -0.2) is 9.88 Å². The van der Waals surface area contributed by atoms with Gasteiger partial charge < -0.3 is 0 Å². The highest BCUT2D eigenvalue weighted by Gasteiger charge is 2.64. The van der Waals surface area contributed by atoms with Gasteiger partial charge in [-0.05, 0) is 36.2 Å². The van der Waals surface area contributed by atoms with Gasteiger partial charge in [0.1, 0.15) is 0 Å². The molecule has 23 heavy (non-hydrogen) atoms. The van der Waals surface area contributed by atoms with E-state index < -0.39 is 0 Å². The summed E-state index contributed by atoms with van der Waals surface area (Å²) in [4.78, 5) is 31.3. The Labute approximate surface area is 138 Å². The second kappa shape index (κ2) is 4.74. The van der Waals surface area contributed by atoms with Gasteiger partial charge in [-0.2, -0.15) is 0 Å². The molecule has 0 radical (unpaired) electrons. The average Bonchev–Trinajstić information content (AvgIpc) is 3.32. The molecule has 2 heterocycles. The van der Waals surface area contributed by atoms with E-state index in [1.807, 2.05) is 11.4 Å². The number of fused-ring (bicyclic) bond motifs is 5. The minimum Gasteiger partial charge on any atom is -0.274 e. The van der Waals surface area contributed by atoms with E-state index in [9.17, 15) is 9.59 Å². The summed E-state index contributed by atoms with van der Waals surface area (Å²) < 4.78 is 0. The Hall–Kier alpha value is -2.01. The number of thiazole rings is 1. The minimum absolute atomic E-state index is 0.0195. The smallest absolute Gasteiger partial charge is 0.239 e. The van der Waals surface area contributed by atoms with E-state index >= 15 is 0 Å². The Kier molecular flexibility index (Phi) is 2.77. The molecule has 2 aromatic rings. The number of imide groups is 1. The number of carbonyl (C=O) groups is 2. The molecule has 5 heteroatoms. The summed E-state index contributed by atoms with van der Waals surface area (Å²) in [5.41, 5.74) is 1.31. The number of nitrogens with zero attached hydrogens (tertiary/aromatic N) is 2. The topological polar surface area (TPSA) is 50.3 Å². The molecule has 1 aromatic carbocycles. The summed E-state index contributed by atoms with van der Waals surface area (Å²) in [6, 6.07) is 10.4. The molecular weight excluding hydrogens is 308 g/mol. The second-order valence-electron chi connectivity index (χ2n) is 6.79. The van der Waals surface area contributed by atoms with Crippen molar-refractivity contribution in [3.05, 3.63) is 47.5 Å². The van der Waals surface area contributed by atoms with Gasteiger partial charge in [0, 0.05) is 11.6 Å². The van der Waals surface area contributed by atoms with Crippen molar-refractivity contribution >= 4 is 28.3 Å². The molecule has 116 valence electrons. The fourth-order valence-electron chi connectivity index (χ4n) is 5.06. The number of aromatic nitrogens is 1. The summed E-state index contributed by atoms with van der Waals surface area (Å²) in [6.45, 7) is 0. The first-order chi connectivity index (χ1) is 11.3. The monoisotopic (exact) mass is 324 g/mol. The van der Waals surface area contributed by atoms with E-state index in [1.165, 1.54) is 21.8 Å². The van der Waals surface area contributed by atoms with Crippen LogP contribution in [-0.4, -0.2) is 16.8 Å². The third-order valence-corrected chi connectivity index (χ3v) is 6.61. The Bertz CT molecular complexity index is 774. The highest BCUT2D eigenvalue weighted by Crippen LogP contribution is 2.61. The van der Waals surface area contributed by atoms with Crippen LogP contribution in [0.1, 0.15) is 24.3 Å². The molecule has 2 aliphatic carbocycles. The summed E-state index contributed by atoms with van der Waals surface area (Å²) >= 11 is 1.36. The maximum Gasteiger partial charge on any atom is 0.239 e. The lowest BCUT2D eigenvalue weighted by Gasteiger charge is -2.28. The molecule has 0 spiro atoms. The van der Waals surface area contributed by atoms with Crippen LogP contribution in [0.15, 0.2) is 41.9 Å². The number of anilines is 1. The first-order valence-corrected chi connectivity index (χ1v) is 8.96. The lowest BCUT2D eigenvalue weighted by Crippen LogP contribution is -2.32. The van der Waals surface area contributed by atoms with E-state index in [4.69, 9.17) is 0 Å². The fraction of sp³-hybridized carbons (Fsp3) is 0.389. The summed E-state index contributed by atoms with van der Waals surface area (Å²) in [5.74, 6) is 0.754. The zero-order valence-electron chi connectivity index (χ0n) is 12.5. The van der Waals surface area contributed by atoms with Crippen molar-refractivity contribution in [1.29, 1.82) is 0 Å². The highest BCUT2D eigenvalue weighted by molar-refractivity contribution is 7.14. The van der Waals surface area contributed by atoms with Crippen LogP contribution >= 0.6 is 11.3 Å². The number of rotatable bonds is 2. The van der Waals surface area contributed by atoms with Crippen molar-refractivity contribution in [3.8, 4) is 0 Å². The van der Waals surface area contributed by atoms with Gasteiger partial charge in [-0.15, -0.1) is 11.3 Å². The van der Waals surface area contributed by atoms with Crippen LogP contribution in [-0.2, 0) is 9.59 Å². The van der Waals surface area contributed by atoms with E-state index in [-0.39, 0.29) is 23.7 Å². The molecule has 5 rings (SSSR count). The van der Waals surface area contributed by atoms with E-state index in [1.54, 1.807) is 6.20 Å². The molecule has 2 bridgehead atoms. The normalized spacial score (nSPS) is 35.1. The molecule has 1 saturated heterocycles. The van der Waals surface area contributed by atoms with Gasteiger partial charge in [0.2, 0.25) is 11.8 Å². The summed E-state index contributed by atoms with van der Waals surface area (Å²) in [6.07, 6.45) is 3.69. The van der Waals surface area contributed by atoms with Crippen LogP contribution in [0.3, 0.4) is 0 Å². The third kappa shape index (κ3) is 1.74. The van der Waals surface area contributed by atoms with Crippen LogP contribution in [0.4, 0.5) is 5.13 Å². The van der Waals surface area contributed by atoms with Crippen molar-refractivity contribution in [2.45, 2.75) is 18.8 Å². The van der Waals surface area contributed by atoms with E-state index in [2.05, 4.69) is 29.2 Å². The Balaban J connectivity index is 1.51. The Morgan fingerprint density at radius 1 is 1.04 bits per heavy atom. The first kappa shape index (κ1) is 13.4. The maximum absolute atomic E-state index is 12.9. The van der Waals surface area contributed by atoms with Crippen LogP contribution < -0.4 is 4.90 Å². The van der Waals surface area contributed by atoms with Gasteiger partial charge in [0.15, 0.2) is 5.13 Å². The van der Waals surface area contributed by atoms with Gasteiger partial charge in [-0.3, -0.25) is 9.59 Å². The molecule has 1 aromatic heterocycles.